The summed E-state index contributed by atoms with van der Waals surface area (Å²) >= 11 is 0.659. The number of piperidine rings is 1. The number of nitrogens with zero attached hydrogens (tertiary/aromatic N) is 7. The third-order valence-corrected chi connectivity index (χ3v) is 11.0. The van der Waals surface area contributed by atoms with Crippen molar-refractivity contribution in [2.24, 2.45) is 0 Å². The molecule has 1 aromatic carbocycles. The molecule has 3 aromatic heterocycles. The third kappa shape index (κ3) is 4.63. The highest BCUT2D eigenvalue weighted by Crippen LogP contribution is 2.40. The molecule has 0 atom stereocenters. The van der Waals surface area contributed by atoms with Crippen molar-refractivity contribution < 1.29 is 25.6 Å². The fourth-order valence-corrected chi connectivity index (χ4v) is 8.04. The van der Waals surface area contributed by atoms with Gasteiger partial charge in [-0.1, -0.05) is 17.4 Å². The van der Waals surface area contributed by atoms with Crippen LogP contribution < -0.4 is 4.72 Å². The normalized spacial score (nSPS) is 18.5. The molecule has 1 N–H and O–H groups in total. The smallest absolute Gasteiger partial charge is 0.268 e. The number of nitriles is 1. The van der Waals surface area contributed by atoms with Crippen LogP contribution in [-0.2, 0) is 20.0 Å². The first-order valence-electron chi connectivity index (χ1n) is 12.2. The van der Waals surface area contributed by atoms with Gasteiger partial charge in [0.05, 0.1) is 28.4 Å². The van der Waals surface area contributed by atoms with Gasteiger partial charge in [-0.25, -0.2) is 39.9 Å². The first-order valence-corrected chi connectivity index (χ1v) is 16.4. The number of hydrogen-bond acceptors (Lipinski definition) is 10. The number of rotatable bonds is 7. The summed E-state index contributed by atoms with van der Waals surface area (Å²) in [5.41, 5.74) is 0.189. The number of aromatic nitrogens is 5. The van der Waals surface area contributed by atoms with E-state index in [0.717, 1.165) is 0 Å². The van der Waals surface area contributed by atoms with E-state index in [0.29, 0.717) is 77.7 Å². The molecular formula is C23H22F2N8O4S3. The molecule has 1 aliphatic carbocycles. The Hall–Kier alpha value is -3.17. The lowest BCUT2D eigenvalue weighted by molar-refractivity contribution is 0.150. The first kappa shape index (κ1) is 27.0. The first-order chi connectivity index (χ1) is 18.9. The fraction of sp³-hybridized carbons (Fsp3) is 0.435. The zero-order valence-electron chi connectivity index (χ0n) is 21.0. The average molecular weight is 609 g/mol. The summed E-state index contributed by atoms with van der Waals surface area (Å²) in [6.45, 7) is 0.632. The van der Waals surface area contributed by atoms with E-state index in [1.807, 2.05) is 6.07 Å². The molecule has 1 saturated carbocycles. The molecule has 0 bridgehead atoms. The lowest BCUT2D eigenvalue weighted by Crippen LogP contribution is -2.37. The van der Waals surface area contributed by atoms with Crippen molar-refractivity contribution in [3.05, 3.63) is 35.2 Å². The van der Waals surface area contributed by atoms with Gasteiger partial charge in [-0.3, -0.25) is 4.57 Å². The number of nitrogens with one attached hydrogen (secondary N) is 1. The average Bonchev–Trinajstić information content (AvgIpc) is 3.36. The van der Waals surface area contributed by atoms with Crippen LogP contribution in [0.25, 0.3) is 27.1 Å². The highest BCUT2D eigenvalue weighted by atomic mass is 32.2. The molecule has 2 fully saturated rings. The van der Waals surface area contributed by atoms with Crippen LogP contribution in [0.5, 0.6) is 0 Å². The molecule has 12 nitrogen and oxygen atoms in total. The number of benzene rings is 1. The minimum absolute atomic E-state index is 0.0741. The molecule has 0 amide bonds. The maximum absolute atomic E-state index is 13.4. The van der Waals surface area contributed by atoms with Gasteiger partial charge in [0.1, 0.15) is 11.9 Å². The summed E-state index contributed by atoms with van der Waals surface area (Å²) in [6.07, 6.45) is 1.49. The van der Waals surface area contributed by atoms with E-state index in [-0.39, 0.29) is 15.9 Å². The monoisotopic (exact) mass is 608 g/mol. The summed E-state index contributed by atoms with van der Waals surface area (Å²) in [4.78, 5) is 8.85. The Kier molecular flexibility index (Phi) is 6.38. The Morgan fingerprint density at radius 3 is 2.48 bits per heavy atom. The zero-order valence-corrected chi connectivity index (χ0v) is 23.4. The van der Waals surface area contributed by atoms with Crippen molar-refractivity contribution >= 4 is 53.3 Å². The second-order valence-electron chi connectivity index (χ2n) is 9.93. The highest BCUT2D eigenvalue weighted by molar-refractivity contribution is 7.89. The number of alkyl halides is 2. The fourth-order valence-electron chi connectivity index (χ4n) is 5.05. The minimum atomic E-state index is -4.09. The second kappa shape index (κ2) is 9.45. The summed E-state index contributed by atoms with van der Waals surface area (Å²) in [6, 6.07) is 6.41. The quantitative estimate of drug-likeness (QED) is 0.332. The van der Waals surface area contributed by atoms with Gasteiger partial charge in [-0.2, -0.15) is 9.98 Å². The molecular weight excluding hydrogens is 587 g/mol. The van der Waals surface area contributed by atoms with Gasteiger partial charge in [0.25, 0.3) is 6.43 Å². The van der Waals surface area contributed by atoms with E-state index in [1.54, 1.807) is 6.07 Å². The van der Waals surface area contributed by atoms with E-state index in [4.69, 9.17) is 0 Å². The molecule has 4 heterocycles. The van der Waals surface area contributed by atoms with E-state index in [1.165, 1.54) is 33.6 Å². The SMILES string of the molecule is CS(=O)(=O)N1CCC(c2ncnc3c2c2ccc(S(=O)(=O)NC4(C#N)CC4)cc2n3-c2nnc(C(F)F)s2)CC1. The largest absolute Gasteiger partial charge is 0.291 e. The molecule has 0 unspecified atom stereocenters. The summed E-state index contributed by atoms with van der Waals surface area (Å²) in [7, 11) is -7.43. The third-order valence-electron chi connectivity index (χ3n) is 7.27. The maximum Gasteiger partial charge on any atom is 0.291 e. The summed E-state index contributed by atoms with van der Waals surface area (Å²) < 4.78 is 82.6. The molecule has 2 aliphatic rings. The Morgan fingerprint density at radius 2 is 1.88 bits per heavy atom. The summed E-state index contributed by atoms with van der Waals surface area (Å²) in [5, 5.41) is 17.7. The number of sulfonamides is 2. The van der Waals surface area contributed by atoms with Crippen molar-refractivity contribution in [1.29, 1.82) is 5.26 Å². The lowest BCUT2D eigenvalue weighted by Gasteiger charge is -2.30. The van der Waals surface area contributed by atoms with Crippen LogP contribution >= 0.6 is 11.3 Å². The Labute approximate surface area is 231 Å². The lowest BCUT2D eigenvalue weighted by atomic mass is 9.92. The minimum Gasteiger partial charge on any atom is -0.268 e. The Balaban J connectivity index is 1.53. The molecule has 210 valence electrons. The van der Waals surface area contributed by atoms with Crippen molar-refractivity contribution in [1.82, 2.24) is 33.8 Å². The van der Waals surface area contributed by atoms with Gasteiger partial charge < -0.3 is 0 Å². The van der Waals surface area contributed by atoms with Crippen LogP contribution in [0.15, 0.2) is 29.4 Å². The molecule has 0 radical (unpaired) electrons. The highest BCUT2D eigenvalue weighted by Gasteiger charge is 2.47. The van der Waals surface area contributed by atoms with Crippen LogP contribution in [0, 0.1) is 11.3 Å². The van der Waals surface area contributed by atoms with Gasteiger partial charge in [0.15, 0.2) is 10.7 Å². The van der Waals surface area contributed by atoms with E-state index < -0.39 is 37.0 Å². The topological polar surface area (TPSA) is 164 Å². The van der Waals surface area contributed by atoms with Gasteiger partial charge in [0.2, 0.25) is 25.2 Å². The van der Waals surface area contributed by atoms with Crippen LogP contribution in [0.3, 0.4) is 0 Å². The number of halogens is 2. The van der Waals surface area contributed by atoms with Crippen molar-refractivity contribution in [3.63, 3.8) is 0 Å². The van der Waals surface area contributed by atoms with E-state index in [9.17, 15) is 30.9 Å². The maximum atomic E-state index is 13.4. The zero-order chi connectivity index (χ0) is 28.4. The van der Waals surface area contributed by atoms with Gasteiger partial charge in [0, 0.05) is 29.8 Å². The van der Waals surface area contributed by atoms with Crippen molar-refractivity contribution in [2.75, 3.05) is 19.3 Å². The van der Waals surface area contributed by atoms with Crippen molar-refractivity contribution in [2.45, 2.75) is 48.5 Å². The Bertz CT molecular complexity index is 1910. The summed E-state index contributed by atoms with van der Waals surface area (Å²) in [5.74, 6) is -0.121. The molecule has 0 spiro atoms. The molecule has 17 heteroatoms. The van der Waals surface area contributed by atoms with Crippen LogP contribution in [-0.4, -0.2) is 70.8 Å². The second-order valence-corrected chi connectivity index (χ2v) is 14.6. The number of fused-ring (bicyclic) bond motifs is 3. The predicted octanol–water partition coefficient (Wildman–Crippen LogP) is 2.84. The van der Waals surface area contributed by atoms with E-state index in [2.05, 4.69) is 24.9 Å². The molecule has 40 heavy (non-hydrogen) atoms. The van der Waals surface area contributed by atoms with Crippen LogP contribution in [0.2, 0.25) is 0 Å². The van der Waals surface area contributed by atoms with Crippen LogP contribution in [0.4, 0.5) is 8.78 Å². The predicted molar refractivity (Wildman–Crippen MR) is 141 cm³/mol. The molecule has 1 aliphatic heterocycles. The molecule has 4 aromatic rings. The Morgan fingerprint density at radius 1 is 1.15 bits per heavy atom. The van der Waals surface area contributed by atoms with E-state index >= 15 is 0 Å². The van der Waals surface area contributed by atoms with Crippen molar-refractivity contribution in [3.8, 4) is 11.2 Å². The van der Waals surface area contributed by atoms with Gasteiger partial charge in [-0.15, -0.1) is 10.2 Å². The van der Waals surface area contributed by atoms with Crippen LogP contribution in [0.1, 0.15) is 48.7 Å². The molecule has 1 saturated heterocycles. The van der Waals surface area contributed by atoms with Gasteiger partial charge in [-0.05, 0) is 37.8 Å². The standard InChI is InChI=1S/C23H22F2N8O4S3/c1-39(34,35)32-8-4-13(5-9-32)18-17-15-3-2-14(40(36,37)31-23(11-26)6-7-23)10-16(15)33(20(17)28-12-27-18)22-30-29-21(38-22)19(24)25/h2-3,10,12-13,19,31H,4-9H2,1H3. The van der Waals surface area contributed by atoms with Gasteiger partial charge >= 0.3 is 0 Å². The number of hydrogen-bond donors (Lipinski definition) is 1. The molecule has 6 rings (SSSR count).